The minimum absolute atomic E-state index is 0.147. The molecular weight excluding hydrogens is 440 g/mol. The first-order valence-corrected chi connectivity index (χ1v) is 11.7. The Kier molecular flexibility index (Phi) is 6.91. The smallest absolute Gasteiger partial charge is 0.241 e. The Hall–Kier alpha value is -1.70. The molecule has 0 spiro atoms. The molecule has 1 N–H and O–H groups in total. The molecule has 0 bridgehead atoms. The first-order chi connectivity index (χ1) is 13.3. The quantitative estimate of drug-likeness (QED) is 0.709. The number of piperidine rings is 1. The number of halogens is 1. The molecule has 150 valence electrons. The molecule has 0 radical (unpaired) electrons. The van der Waals surface area contributed by atoms with Crippen LogP contribution >= 0.6 is 15.9 Å². The number of nitrogens with one attached hydrogen (secondary N) is 1. The van der Waals surface area contributed by atoms with Gasteiger partial charge in [-0.1, -0.05) is 53.2 Å². The van der Waals surface area contributed by atoms with E-state index >= 15 is 0 Å². The van der Waals surface area contributed by atoms with Crippen LogP contribution in [0.5, 0.6) is 0 Å². The third-order valence-corrected chi connectivity index (χ3v) is 7.11. The summed E-state index contributed by atoms with van der Waals surface area (Å²) in [6.45, 7) is 3.52. The van der Waals surface area contributed by atoms with Crippen LogP contribution in [0.25, 0.3) is 0 Å². The number of carbonyl (C=O) groups is 1. The molecule has 3 rings (SSSR count). The van der Waals surface area contributed by atoms with Crippen molar-refractivity contribution in [2.24, 2.45) is 5.92 Å². The maximum absolute atomic E-state index is 13.2. The van der Waals surface area contributed by atoms with Gasteiger partial charge >= 0.3 is 0 Å². The van der Waals surface area contributed by atoms with Crippen molar-refractivity contribution in [2.45, 2.75) is 37.1 Å². The van der Waals surface area contributed by atoms with Crippen molar-refractivity contribution in [1.29, 1.82) is 0 Å². The van der Waals surface area contributed by atoms with Crippen molar-refractivity contribution in [3.05, 3.63) is 64.6 Å². The number of hydrogen-bond acceptors (Lipinski definition) is 3. The third-order valence-electron chi connectivity index (χ3n) is 5.10. The maximum Gasteiger partial charge on any atom is 0.241 e. The average molecular weight is 465 g/mol. The second-order valence-corrected chi connectivity index (χ2v) is 9.95. The molecule has 1 amide bonds. The fourth-order valence-electron chi connectivity index (χ4n) is 3.35. The van der Waals surface area contributed by atoms with Gasteiger partial charge in [-0.2, -0.15) is 4.72 Å². The van der Waals surface area contributed by atoms with E-state index in [9.17, 15) is 13.2 Å². The van der Waals surface area contributed by atoms with Crippen molar-refractivity contribution >= 4 is 31.9 Å². The highest BCUT2D eigenvalue weighted by atomic mass is 79.9. The number of sulfonamides is 1. The Morgan fingerprint density at radius 2 is 1.71 bits per heavy atom. The van der Waals surface area contributed by atoms with Crippen LogP contribution in [0.3, 0.4) is 0 Å². The van der Waals surface area contributed by atoms with Crippen molar-refractivity contribution < 1.29 is 13.2 Å². The highest BCUT2D eigenvalue weighted by molar-refractivity contribution is 9.10. The van der Waals surface area contributed by atoms with E-state index in [0.717, 1.165) is 22.9 Å². The summed E-state index contributed by atoms with van der Waals surface area (Å²) in [4.78, 5) is 15.1. The Morgan fingerprint density at radius 3 is 2.32 bits per heavy atom. The second-order valence-electron chi connectivity index (χ2n) is 7.33. The van der Waals surface area contributed by atoms with Gasteiger partial charge in [-0.15, -0.1) is 0 Å². The fourth-order valence-corrected chi connectivity index (χ4v) is 4.80. The van der Waals surface area contributed by atoms with Gasteiger partial charge in [-0.25, -0.2) is 8.42 Å². The molecule has 1 aliphatic heterocycles. The standard InChI is InChI=1S/C21H25BrN2O3S/c1-16-11-13-24(14-12-16)21(25)20(15-17-5-3-2-4-6-17)23-28(26,27)19-9-7-18(22)8-10-19/h2-10,16,20,23H,11-15H2,1H3/t20-/m0/s1. The fraction of sp³-hybridized carbons (Fsp3) is 0.381. The summed E-state index contributed by atoms with van der Waals surface area (Å²) in [6, 6.07) is 15.1. The number of carbonyl (C=O) groups excluding carboxylic acids is 1. The van der Waals surface area contributed by atoms with Crippen LogP contribution in [0.2, 0.25) is 0 Å². The molecule has 1 atom stereocenters. The number of nitrogens with zero attached hydrogens (tertiary/aromatic N) is 1. The minimum Gasteiger partial charge on any atom is -0.341 e. The molecule has 0 aromatic heterocycles. The summed E-state index contributed by atoms with van der Waals surface area (Å²) < 4.78 is 29.2. The number of amides is 1. The van der Waals surface area contributed by atoms with Crippen LogP contribution in [0.1, 0.15) is 25.3 Å². The number of likely N-dealkylation sites (tertiary alicyclic amines) is 1. The van der Waals surface area contributed by atoms with Crippen molar-refractivity contribution in [3.63, 3.8) is 0 Å². The van der Waals surface area contributed by atoms with E-state index in [4.69, 9.17) is 0 Å². The SMILES string of the molecule is CC1CCN(C(=O)[C@H](Cc2ccccc2)NS(=O)(=O)c2ccc(Br)cc2)CC1. The molecule has 1 aliphatic rings. The second kappa shape index (κ2) is 9.20. The normalized spacial score (nSPS) is 16.7. The molecule has 1 fully saturated rings. The lowest BCUT2D eigenvalue weighted by atomic mass is 9.98. The average Bonchev–Trinajstić information content (AvgIpc) is 2.68. The molecule has 0 aliphatic carbocycles. The number of hydrogen-bond donors (Lipinski definition) is 1. The molecule has 1 heterocycles. The lowest BCUT2D eigenvalue weighted by molar-refractivity contribution is -0.134. The molecule has 0 unspecified atom stereocenters. The molecule has 2 aromatic carbocycles. The van der Waals surface area contributed by atoms with Crippen LogP contribution in [0.4, 0.5) is 0 Å². The zero-order chi connectivity index (χ0) is 20.1. The predicted molar refractivity (Wildman–Crippen MR) is 113 cm³/mol. The van der Waals surface area contributed by atoms with Crippen molar-refractivity contribution in [2.75, 3.05) is 13.1 Å². The summed E-state index contributed by atoms with van der Waals surface area (Å²) in [5, 5.41) is 0. The third kappa shape index (κ3) is 5.43. The summed E-state index contributed by atoms with van der Waals surface area (Å²) in [5.74, 6) is 0.438. The van der Waals surface area contributed by atoms with Gasteiger partial charge in [-0.05, 0) is 55.0 Å². The largest absolute Gasteiger partial charge is 0.341 e. The summed E-state index contributed by atoms with van der Waals surface area (Å²) >= 11 is 3.31. The Labute approximate surface area is 175 Å². The highest BCUT2D eigenvalue weighted by Crippen LogP contribution is 2.19. The monoisotopic (exact) mass is 464 g/mol. The maximum atomic E-state index is 13.2. The van der Waals surface area contributed by atoms with Crippen LogP contribution < -0.4 is 4.72 Å². The Morgan fingerprint density at radius 1 is 1.11 bits per heavy atom. The van der Waals surface area contributed by atoms with Gasteiger partial charge in [0.15, 0.2) is 0 Å². The van der Waals surface area contributed by atoms with Crippen molar-refractivity contribution in [3.8, 4) is 0 Å². The van der Waals surface area contributed by atoms with E-state index in [1.807, 2.05) is 30.3 Å². The molecule has 0 saturated carbocycles. The van der Waals surface area contributed by atoms with E-state index in [-0.39, 0.29) is 10.8 Å². The summed E-state index contributed by atoms with van der Waals surface area (Å²) in [6.07, 6.45) is 2.22. The molecule has 7 heteroatoms. The zero-order valence-corrected chi connectivity index (χ0v) is 18.2. The molecule has 5 nitrogen and oxygen atoms in total. The molecular formula is C21H25BrN2O3S. The van der Waals surface area contributed by atoms with E-state index < -0.39 is 16.1 Å². The topological polar surface area (TPSA) is 66.5 Å². The van der Waals surface area contributed by atoms with Gasteiger partial charge in [0.2, 0.25) is 15.9 Å². The number of benzene rings is 2. The van der Waals surface area contributed by atoms with Gasteiger partial charge < -0.3 is 4.90 Å². The van der Waals surface area contributed by atoms with Crippen molar-refractivity contribution in [1.82, 2.24) is 9.62 Å². The van der Waals surface area contributed by atoms with Gasteiger partial charge in [0.1, 0.15) is 6.04 Å². The molecule has 2 aromatic rings. The van der Waals surface area contributed by atoms with E-state index in [2.05, 4.69) is 27.6 Å². The van der Waals surface area contributed by atoms with E-state index in [1.54, 1.807) is 17.0 Å². The van der Waals surface area contributed by atoms with Crippen LogP contribution in [0.15, 0.2) is 64.0 Å². The Balaban J connectivity index is 1.83. The van der Waals surface area contributed by atoms with Gasteiger partial charge in [0.25, 0.3) is 0 Å². The van der Waals surface area contributed by atoms with Crippen LogP contribution in [-0.2, 0) is 21.2 Å². The van der Waals surface area contributed by atoms with E-state index in [0.29, 0.717) is 25.4 Å². The minimum atomic E-state index is -3.81. The first-order valence-electron chi connectivity index (χ1n) is 9.46. The summed E-state index contributed by atoms with van der Waals surface area (Å²) in [7, 11) is -3.81. The summed E-state index contributed by atoms with van der Waals surface area (Å²) in [5.41, 5.74) is 0.921. The Bertz CT molecular complexity index is 893. The molecule has 28 heavy (non-hydrogen) atoms. The van der Waals surface area contributed by atoms with Gasteiger partial charge in [0, 0.05) is 17.6 Å². The lowest BCUT2D eigenvalue weighted by Gasteiger charge is -2.33. The number of rotatable bonds is 6. The lowest BCUT2D eigenvalue weighted by Crippen LogP contribution is -2.51. The van der Waals surface area contributed by atoms with Crippen LogP contribution in [-0.4, -0.2) is 38.4 Å². The van der Waals surface area contributed by atoms with Crippen LogP contribution in [0, 0.1) is 5.92 Å². The first kappa shape index (κ1) is 21.0. The van der Waals surface area contributed by atoms with Gasteiger partial charge in [-0.3, -0.25) is 4.79 Å². The molecule has 1 saturated heterocycles. The van der Waals surface area contributed by atoms with Gasteiger partial charge in [0.05, 0.1) is 4.90 Å². The van der Waals surface area contributed by atoms with E-state index in [1.165, 1.54) is 12.1 Å². The zero-order valence-electron chi connectivity index (χ0n) is 15.8. The highest BCUT2D eigenvalue weighted by Gasteiger charge is 2.31. The predicted octanol–water partition coefficient (Wildman–Crippen LogP) is 3.60.